The highest BCUT2D eigenvalue weighted by Gasteiger charge is 2.21. The van der Waals surface area contributed by atoms with Gasteiger partial charge in [-0.1, -0.05) is 42.2 Å². The van der Waals surface area contributed by atoms with E-state index < -0.39 is 0 Å². The number of hydrogen-bond acceptors (Lipinski definition) is 2. The molecule has 0 saturated carbocycles. The summed E-state index contributed by atoms with van der Waals surface area (Å²) in [5, 5.41) is 0. The summed E-state index contributed by atoms with van der Waals surface area (Å²) in [5.74, 6) is 7.74. The summed E-state index contributed by atoms with van der Waals surface area (Å²) in [6, 6.07) is 18.8. The Labute approximate surface area is 139 Å². The lowest BCUT2D eigenvalue weighted by Crippen LogP contribution is -2.24. The minimum atomic E-state index is 0.161. The molecule has 3 rings (SSSR count). The first-order valence-electron chi connectivity index (χ1n) is 8.40. The van der Waals surface area contributed by atoms with E-state index in [1.807, 2.05) is 37.3 Å². The van der Waals surface area contributed by atoms with Crippen LogP contribution >= 0.6 is 0 Å². The van der Waals surface area contributed by atoms with Crippen LogP contribution in [0.1, 0.15) is 36.9 Å². The summed E-state index contributed by atoms with van der Waals surface area (Å²) in [6.45, 7) is 4.96. The van der Waals surface area contributed by atoms with E-state index in [0.29, 0.717) is 6.61 Å². The van der Waals surface area contributed by atoms with E-state index in [0.717, 1.165) is 24.4 Å². The number of ether oxygens (including phenoxy) is 1. The first-order chi connectivity index (χ1) is 11.4. The third kappa shape index (κ3) is 4.15. The minimum absolute atomic E-state index is 0.161. The molecule has 0 radical (unpaired) electrons. The van der Waals surface area contributed by atoms with E-state index in [4.69, 9.17) is 4.74 Å². The summed E-state index contributed by atoms with van der Waals surface area (Å²) < 4.78 is 5.55. The molecule has 2 heteroatoms. The lowest BCUT2D eigenvalue weighted by atomic mass is 10.0. The largest absolute Gasteiger partial charge is 0.494 e. The molecule has 0 amide bonds. The molecule has 23 heavy (non-hydrogen) atoms. The molecule has 1 aliphatic rings. The summed E-state index contributed by atoms with van der Waals surface area (Å²) >= 11 is 0. The van der Waals surface area contributed by atoms with Crippen molar-refractivity contribution in [1.82, 2.24) is 4.90 Å². The molecule has 0 N–H and O–H groups in total. The molecular weight excluding hydrogens is 282 g/mol. The SMILES string of the molecule is CCOc1ccc(C(C#Cc2ccccc2)N2CCCC2)cc1. The van der Waals surface area contributed by atoms with Crippen LogP contribution in [0.3, 0.4) is 0 Å². The van der Waals surface area contributed by atoms with E-state index in [2.05, 4.69) is 41.0 Å². The standard InChI is InChI=1S/C21H23NO/c1-2-23-20-13-11-19(12-14-20)21(22-16-6-7-17-22)15-10-18-8-4-3-5-9-18/h3-5,8-9,11-14,21H,2,6-7,16-17H2,1H3. The van der Waals surface area contributed by atoms with Gasteiger partial charge in [-0.25, -0.2) is 0 Å². The molecule has 1 unspecified atom stereocenters. The van der Waals surface area contributed by atoms with Crippen LogP contribution in [-0.4, -0.2) is 24.6 Å². The average molecular weight is 305 g/mol. The number of benzene rings is 2. The minimum Gasteiger partial charge on any atom is -0.494 e. The molecule has 0 spiro atoms. The van der Waals surface area contributed by atoms with E-state index in [9.17, 15) is 0 Å². The van der Waals surface area contributed by atoms with Gasteiger partial charge in [0.25, 0.3) is 0 Å². The van der Waals surface area contributed by atoms with Gasteiger partial charge in [-0.15, -0.1) is 0 Å². The van der Waals surface area contributed by atoms with E-state index in [1.165, 1.54) is 18.4 Å². The maximum atomic E-state index is 5.55. The molecule has 1 aliphatic heterocycles. The predicted molar refractivity (Wildman–Crippen MR) is 94.5 cm³/mol. The number of nitrogens with zero attached hydrogens (tertiary/aromatic N) is 1. The third-order valence-electron chi connectivity index (χ3n) is 4.14. The topological polar surface area (TPSA) is 12.5 Å². The zero-order chi connectivity index (χ0) is 15.9. The van der Waals surface area contributed by atoms with Gasteiger partial charge in [0.2, 0.25) is 0 Å². The Hall–Kier alpha value is -2.24. The molecular formula is C21H23NO. The second-order valence-corrected chi connectivity index (χ2v) is 5.78. The lowest BCUT2D eigenvalue weighted by molar-refractivity contribution is 0.296. The van der Waals surface area contributed by atoms with Gasteiger partial charge in [0.1, 0.15) is 5.75 Å². The fraction of sp³-hybridized carbons (Fsp3) is 0.333. The van der Waals surface area contributed by atoms with Gasteiger partial charge in [-0.05, 0) is 62.7 Å². The monoisotopic (exact) mass is 305 g/mol. The van der Waals surface area contributed by atoms with Gasteiger partial charge in [0.15, 0.2) is 0 Å². The molecule has 118 valence electrons. The van der Waals surface area contributed by atoms with Crippen molar-refractivity contribution in [2.75, 3.05) is 19.7 Å². The van der Waals surface area contributed by atoms with Gasteiger partial charge in [0, 0.05) is 5.56 Å². The van der Waals surface area contributed by atoms with Crippen LogP contribution in [0.2, 0.25) is 0 Å². The number of likely N-dealkylation sites (tertiary alicyclic amines) is 1. The lowest BCUT2D eigenvalue weighted by Gasteiger charge is -2.23. The Kier molecular flexibility index (Phi) is 5.34. The Bertz CT molecular complexity index is 660. The van der Waals surface area contributed by atoms with Crippen LogP contribution in [-0.2, 0) is 0 Å². The van der Waals surface area contributed by atoms with Crippen LogP contribution in [0.15, 0.2) is 54.6 Å². The van der Waals surface area contributed by atoms with Crippen molar-refractivity contribution in [3.05, 3.63) is 65.7 Å². The van der Waals surface area contributed by atoms with Crippen LogP contribution in [0.4, 0.5) is 0 Å². The van der Waals surface area contributed by atoms with Crippen molar-refractivity contribution in [2.24, 2.45) is 0 Å². The highest BCUT2D eigenvalue weighted by molar-refractivity contribution is 5.39. The molecule has 1 fully saturated rings. The summed E-state index contributed by atoms with van der Waals surface area (Å²) in [7, 11) is 0. The molecule has 1 heterocycles. The molecule has 0 aliphatic carbocycles. The quantitative estimate of drug-likeness (QED) is 0.782. The van der Waals surface area contributed by atoms with Crippen LogP contribution < -0.4 is 4.74 Å². The number of hydrogen-bond donors (Lipinski definition) is 0. The highest BCUT2D eigenvalue weighted by Crippen LogP contribution is 2.26. The second kappa shape index (κ2) is 7.85. The molecule has 1 saturated heterocycles. The highest BCUT2D eigenvalue weighted by atomic mass is 16.5. The van der Waals surface area contributed by atoms with Crippen LogP contribution in [0.25, 0.3) is 0 Å². The Morgan fingerprint density at radius 2 is 1.70 bits per heavy atom. The first kappa shape index (κ1) is 15.6. The summed E-state index contributed by atoms with van der Waals surface area (Å²) in [5.41, 5.74) is 2.32. The van der Waals surface area contributed by atoms with Gasteiger partial charge in [-0.3, -0.25) is 4.90 Å². The first-order valence-corrected chi connectivity index (χ1v) is 8.40. The van der Waals surface area contributed by atoms with Gasteiger partial charge < -0.3 is 4.74 Å². The second-order valence-electron chi connectivity index (χ2n) is 5.78. The van der Waals surface area contributed by atoms with Crippen molar-refractivity contribution in [1.29, 1.82) is 0 Å². The Morgan fingerprint density at radius 3 is 2.35 bits per heavy atom. The summed E-state index contributed by atoms with van der Waals surface area (Å²) in [6.07, 6.45) is 2.53. The van der Waals surface area contributed by atoms with Crippen molar-refractivity contribution in [3.8, 4) is 17.6 Å². The van der Waals surface area contributed by atoms with E-state index in [1.54, 1.807) is 0 Å². The molecule has 1 atom stereocenters. The smallest absolute Gasteiger partial charge is 0.119 e. The molecule has 0 bridgehead atoms. The van der Waals surface area contributed by atoms with E-state index in [-0.39, 0.29) is 6.04 Å². The van der Waals surface area contributed by atoms with Gasteiger partial charge >= 0.3 is 0 Å². The predicted octanol–water partition coefficient (Wildman–Crippen LogP) is 4.27. The van der Waals surface area contributed by atoms with Crippen molar-refractivity contribution < 1.29 is 4.74 Å². The number of rotatable bonds is 4. The Morgan fingerprint density at radius 1 is 1.00 bits per heavy atom. The zero-order valence-corrected chi connectivity index (χ0v) is 13.7. The molecule has 2 aromatic carbocycles. The van der Waals surface area contributed by atoms with Crippen molar-refractivity contribution in [3.63, 3.8) is 0 Å². The average Bonchev–Trinajstić information content (AvgIpc) is 3.12. The molecule has 2 nitrogen and oxygen atoms in total. The molecule has 0 aromatic heterocycles. The van der Waals surface area contributed by atoms with Gasteiger partial charge in [0.05, 0.1) is 12.6 Å². The van der Waals surface area contributed by atoms with Crippen LogP contribution in [0.5, 0.6) is 5.75 Å². The maximum absolute atomic E-state index is 5.55. The summed E-state index contributed by atoms with van der Waals surface area (Å²) in [4.78, 5) is 2.48. The van der Waals surface area contributed by atoms with E-state index >= 15 is 0 Å². The van der Waals surface area contributed by atoms with Crippen molar-refractivity contribution >= 4 is 0 Å². The molecule has 2 aromatic rings. The zero-order valence-electron chi connectivity index (χ0n) is 13.7. The van der Waals surface area contributed by atoms with Crippen LogP contribution in [0, 0.1) is 11.8 Å². The third-order valence-corrected chi connectivity index (χ3v) is 4.14. The maximum Gasteiger partial charge on any atom is 0.119 e. The Balaban J connectivity index is 1.85. The van der Waals surface area contributed by atoms with Crippen molar-refractivity contribution in [2.45, 2.75) is 25.8 Å². The fourth-order valence-corrected chi connectivity index (χ4v) is 2.97. The fourth-order valence-electron chi connectivity index (χ4n) is 2.97. The van der Waals surface area contributed by atoms with Gasteiger partial charge in [-0.2, -0.15) is 0 Å². The normalized spacial score (nSPS) is 15.7.